The SMILES string of the molecule is CCOC(C)c1c(C(Cl)(Cl)Cl)cc2ccccc2c1N1N=CCCN1. The van der Waals surface area contributed by atoms with E-state index in [0.717, 1.165) is 35.0 Å². The summed E-state index contributed by atoms with van der Waals surface area (Å²) in [5.41, 5.74) is 5.58. The van der Waals surface area contributed by atoms with E-state index in [-0.39, 0.29) is 6.10 Å². The Kier molecular flexibility index (Phi) is 5.76. The van der Waals surface area contributed by atoms with Crippen molar-refractivity contribution in [1.82, 2.24) is 5.43 Å². The molecule has 0 aromatic heterocycles. The Bertz CT molecular complexity index is 789. The molecule has 134 valence electrons. The number of benzene rings is 2. The van der Waals surface area contributed by atoms with Gasteiger partial charge < -0.3 is 4.74 Å². The third-order valence-electron chi connectivity index (χ3n) is 4.13. The van der Waals surface area contributed by atoms with E-state index in [1.165, 1.54) is 0 Å². The lowest BCUT2D eigenvalue weighted by atomic mass is 9.95. The Morgan fingerprint density at radius 3 is 2.72 bits per heavy atom. The summed E-state index contributed by atoms with van der Waals surface area (Å²) < 4.78 is 4.29. The molecule has 0 amide bonds. The predicted molar refractivity (Wildman–Crippen MR) is 107 cm³/mol. The molecule has 25 heavy (non-hydrogen) atoms. The van der Waals surface area contributed by atoms with Crippen molar-refractivity contribution >= 4 is 57.5 Å². The van der Waals surface area contributed by atoms with Crippen molar-refractivity contribution in [3.8, 4) is 0 Å². The van der Waals surface area contributed by atoms with Gasteiger partial charge in [-0.1, -0.05) is 59.1 Å². The van der Waals surface area contributed by atoms with Gasteiger partial charge in [-0.05, 0) is 31.7 Å². The fourth-order valence-electron chi connectivity index (χ4n) is 3.10. The van der Waals surface area contributed by atoms with E-state index in [1.54, 1.807) is 5.12 Å². The van der Waals surface area contributed by atoms with Crippen LogP contribution in [0.15, 0.2) is 35.4 Å². The van der Waals surface area contributed by atoms with Crippen LogP contribution < -0.4 is 10.5 Å². The van der Waals surface area contributed by atoms with Crippen molar-refractivity contribution in [2.24, 2.45) is 5.10 Å². The molecule has 0 spiro atoms. The van der Waals surface area contributed by atoms with Crippen molar-refractivity contribution in [1.29, 1.82) is 0 Å². The van der Waals surface area contributed by atoms with Gasteiger partial charge in [0.2, 0.25) is 3.79 Å². The number of hydrazone groups is 1. The number of fused-ring (bicyclic) bond motifs is 1. The maximum Gasteiger partial charge on any atom is 0.216 e. The van der Waals surface area contributed by atoms with Crippen molar-refractivity contribution in [3.05, 3.63) is 41.5 Å². The van der Waals surface area contributed by atoms with Gasteiger partial charge in [-0.15, -0.1) is 0 Å². The lowest BCUT2D eigenvalue weighted by Gasteiger charge is -2.31. The lowest BCUT2D eigenvalue weighted by molar-refractivity contribution is 0.0761. The number of nitrogens with zero attached hydrogens (tertiary/aromatic N) is 2. The molecule has 7 heteroatoms. The predicted octanol–water partition coefficient (Wildman–Crippen LogP) is 5.46. The first-order chi connectivity index (χ1) is 11.9. The normalized spacial score (nSPS) is 16.4. The van der Waals surface area contributed by atoms with Crippen LogP contribution in [-0.2, 0) is 8.53 Å². The highest BCUT2D eigenvalue weighted by Crippen LogP contribution is 2.48. The summed E-state index contributed by atoms with van der Waals surface area (Å²) in [4.78, 5) is 0. The number of rotatable bonds is 4. The molecule has 1 N–H and O–H groups in total. The van der Waals surface area contributed by atoms with Crippen LogP contribution in [0, 0.1) is 0 Å². The third-order valence-corrected chi connectivity index (χ3v) is 4.74. The average Bonchev–Trinajstić information content (AvgIpc) is 2.60. The number of hydrogen-bond acceptors (Lipinski definition) is 4. The van der Waals surface area contributed by atoms with Gasteiger partial charge in [-0.25, -0.2) is 5.43 Å². The second-order valence-electron chi connectivity index (χ2n) is 5.81. The van der Waals surface area contributed by atoms with E-state index in [4.69, 9.17) is 39.5 Å². The Labute approximate surface area is 162 Å². The molecule has 2 aromatic rings. The van der Waals surface area contributed by atoms with Gasteiger partial charge in [0, 0.05) is 35.9 Å². The molecule has 1 unspecified atom stereocenters. The monoisotopic (exact) mass is 399 g/mol. The quantitative estimate of drug-likeness (QED) is 0.692. The number of anilines is 1. The van der Waals surface area contributed by atoms with Gasteiger partial charge in [0.15, 0.2) is 0 Å². The Balaban J connectivity index is 2.35. The van der Waals surface area contributed by atoms with E-state index in [2.05, 4.69) is 10.5 Å². The van der Waals surface area contributed by atoms with Crippen molar-refractivity contribution in [2.45, 2.75) is 30.2 Å². The highest BCUT2D eigenvalue weighted by atomic mass is 35.6. The zero-order valence-corrected chi connectivity index (χ0v) is 16.4. The standard InChI is InChI=1S/C18H20Cl3N3O/c1-3-25-12(2)16-15(18(19,20)21)11-13-7-4-5-8-14(13)17(16)24-22-9-6-10-23-24/h4-5,7-9,11-12,23H,3,6,10H2,1-2H3. The van der Waals surface area contributed by atoms with Crippen molar-refractivity contribution in [2.75, 3.05) is 18.3 Å². The van der Waals surface area contributed by atoms with Crippen LogP contribution in [0.2, 0.25) is 0 Å². The molecule has 3 rings (SSSR count). The lowest BCUT2D eigenvalue weighted by Crippen LogP contribution is -2.38. The highest BCUT2D eigenvalue weighted by molar-refractivity contribution is 6.67. The summed E-state index contributed by atoms with van der Waals surface area (Å²) in [6, 6.07) is 9.92. The summed E-state index contributed by atoms with van der Waals surface area (Å²) in [5, 5.41) is 8.25. The van der Waals surface area contributed by atoms with Gasteiger partial charge in [0.1, 0.15) is 0 Å². The number of halogens is 3. The third kappa shape index (κ3) is 3.88. The number of alkyl halides is 3. The minimum atomic E-state index is -1.57. The molecule has 1 aliphatic rings. The van der Waals surface area contributed by atoms with E-state index in [0.29, 0.717) is 12.2 Å². The summed E-state index contributed by atoms with van der Waals surface area (Å²) in [6.07, 6.45) is 2.49. The van der Waals surface area contributed by atoms with Crippen LogP contribution >= 0.6 is 34.8 Å². The van der Waals surface area contributed by atoms with Crippen molar-refractivity contribution < 1.29 is 4.74 Å². The molecule has 0 saturated carbocycles. The van der Waals surface area contributed by atoms with E-state index < -0.39 is 3.79 Å². The first-order valence-corrected chi connectivity index (χ1v) is 9.37. The van der Waals surface area contributed by atoms with E-state index in [9.17, 15) is 0 Å². The smallest absolute Gasteiger partial charge is 0.216 e. The molecule has 0 fully saturated rings. The Morgan fingerprint density at radius 1 is 1.32 bits per heavy atom. The molecule has 1 aliphatic heterocycles. The average molecular weight is 401 g/mol. The fourth-order valence-corrected chi connectivity index (χ4v) is 3.57. The van der Waals surface area contributed by atoms with Crippen LogP contribution in [0.4, 0.5) is 5.69 Å². The van der Waals surface area contributed by atoms with Crippen LogP contribution in [0.3, 0.4) is 0 Å². The molecule has 1 atom stereocenters. The topological polar surface area (TPSA) is 36.9 Å². The highest BCUT2D eigenvalue weighted by Gasteiger charge is 2.33. The molecule has 0 radical (unpaired) electrons. The van der Waals surface area contributed by atoms with Gasteiger partial charge in [0.05, 0.1) is 11.8 Å². The zero-order valence-electron chi connectivity index (χ0n) is 14.1. The van der Waals surface area contributed by atoms with Gasteiger partial charge in [-0.2, -0.15) is 10.2 Å². The molecule has 4 nitrogen and oxygen atoms in total. The molecule has 0 saturated heterocycles. The maximum atomic E-state index is 6.32. The van der Waals surface area contributed by atoms with E-state index in [1.807, 2.05) is 50.4 Å². The van der Waals surface area contributed by atoms with Crippen LogP contribution in [0.1, 0.15) is 37.5 Å². The maximum absolute atomic E-state index is 6.32. The number of hydrogen-bond donors (Lipinski definition) is 1. The van der Waals surface area contributed by atoms with Gasteiger partial charge >= 0.3 is 0 Å². The molecular formula is C18H20Cl3N3O. The minimum Gasteiger partial charge on any atom is -0.374 e. The summed E-state index contributed by atoms with van der Waals surface area (Å²) in [6.45, 7) is 5.26. The number of hydrazine groups is 1. The number of nitrogens with one attached hydrogen (secondary N) is 1. The largest absolute Gasteiger partial charge is 0.374 e. The number of ether oxygens (including phenoxy) is 1. The van der Waals surface area contributed by atoms with Gasteiger partial charge in [-0.3, -0.25) is 0 Å². The molecule has 2 aromatic carbocycles. The van der Waals surface area contributed by atoms with Crippen LogP contribution in [0.5, 0.6) is 0 Å². The summed E-state index contributed by atoms with van der Waals surface area (Å²) >= 11 is 19.0. The summed E-state index contributed by atoms with van der Waals surface area (Å²) in [5.74, 6) is 0. The van der Waals surface area contributed by atoms with E-state index >= 15 is 0 Å². The van der Waals surface area contributed by atoms with Gasteiger partial charge in [0.25, 0.3) is 0 Å². The Morgan fingerprint density at radius 2 is 2.08 bits per heavy atom. The molecule has 0 bridgehead atoms. The fraction of sp³-hybridized carbons (Fsp3) is 0.389. The minimum absolute atomic E-state index is 0.255. The van der Waals surface area contributed by atoms with Crippen LogP contribution in [-0.4, -0.2) is 19.4 Å². The zero-order chi connectivity index (χ0) is 18.0. The second kappa shape index (κ2) is 7.68. The first kappa shape index (κ1) is 18.7. The Hall–Kier alpha value is -1.04. The molecule has 1 heterocycles. The summed E-state index contributed by atoms with van der Waals surface area (Å²) in [7, 11) is 0. The first-order valence-electron chi connectivity index (χ1n) is 8.24. The molecule has 0 aliphatic carbocycles. The second-order valence-corrected chi connectivity index (χ2v) is 8.09. The molecular weight excluding hydrogens is 381 g/mol. The van der Waals surface area contributed by atoms with Crippen molar-refractivity contribution in [3.63, 3.8) is 0 Å². The van der Waals surface area contributed by atoms with Crippen LogP contribution in [0.25, 0.3) is 10.8 Å².